The van der Waals surface area contributed by atoms with Crippen molar-refractivity contribution < 1.29 is 8.78 Å². The zero-order valence-electron chi connectivity index (χ0n) is 11.3. The summed E-state index contributed by atoms with van der Waals surface area (Å²) in [7, 11) is 0. The van der Waals surface area contributed by atoms with E-state index in [2.05, 4.69) is 15.4 Å². The van der Waals surface area contributed by atoms with Crippen LogP contribution in [0.15, 0.2) is 24.3 Å². The van der Waals surface area contributed by atoms with Crippen molar-refractivity contribution in [3.63, 3.8) is 0 Å². The van der Waals surface area contributed by atoms with Gasteiger partial charge in [0.15, 0.2) is 5.82 Å². The van der Waals surface area contributed by atoms with Crippen molar-refractivity contribution in [1.29, 1.82) is 0 Å². The van der Waals surface area contributed by atoms with E-state index in [-0.39, 0.29) is 5.56 Å². The molecule has 0 atom stereocenters. The van der Waals surface area contributed by atoms with E-state index in [1.54, 1.807) is 12.1 Å². The Morgan fingerprint density at radius 1 is 1.30 bits per heavy atom. The number of hydrazine groups is 1. The van der Waals surface area contributed by atoms with E-state index in [1.807, 2.05) is 13.8 Å². The van der Waals surface area contributed by atoms with E-state index >= 15 is 0 Å². The normalized spacial score (nSPS) is 10.9. The number of aromatic nitrogens is 2. The van der Waals surface area contributed by atoms with Gasteiger partial charge in [-0.3, -0.25) is 0 Å². The van der Waals surface area contributed by atoms with Crippen molar-refractivity contribution in [3.05, 3.63) is 41.1 Å². The van der Waals surface area contributed by atoms with Crippen LogP contribution in [0.5, 0.6) is 0 Å². The maximum Gasteiger partial charge on any atom is 0.263 e. The third-order valence-corrected chi connectivity index (χ3v) is 3.12. The first-order valence-corrected chi connectivity index (χ1v) is 6.29. The molecule has 1 aromatic heterocycles. The number of hydrogen-bond acceptors (Lipinski definition) is 4. The van der Waals surface area contributed by atoms with Gasteiger partial charge in [0.25, 0.3) is 6.43 Å². The smallest absolute Gasteiger partial charge is 0.263 e. The topological polar surface area (TPSA) is 63.8 Å². The molecule has 0 spiro atoms. The molecule has 106 valence electrons. The molecule has 0 saturated carbocycles. The van der Waals surface area contributed by atoms with Crippen LogP contribution in [0.1, 0.15) is 30.2 Å². The third kappa shape index (κ3) is 2.75. The molecular formula is C14H16F2N4. The van der Waals surface area contributed by atoms with Gasteiger partial charge in [-0.2, -0.15) is 0 Å². The van der Waals surface area contributed by atoms with Crippen molar-refractivity contribution in [3.8, 4) is 11.4 Å². The van der Waals surface area contributed by atoms with Gasteiger partial charge in [-0.05, 0) is 19.4 Å². The Hall–Kier alpha value is -2.08. The second kappa shape index (κ2) is 5.92. The van der Waals surface area contributed by atoms with Gasteiger partial charge in [-0.15, -0.1) is 0 Å². The predicted molar refractivity (Wildman–Crippen MR) is 74.4 cm³/mol. The molecule has 0 aliphatic rings. The highest BCUT2D eigenvalue weighted by Crippen LogP contribution is 2.26. The fraction of sp³-hybridized carbons (Fsp3) is 0.286. The quantitative estimate of drug-likeness (QED) is 0.665. The van der Waals surface area contributed by atoms with Crippen LogP contribution in [0.25, 0.3) is 11.4 Å². The Morgan fingerprint density at radius 3 is 2.65 bits per heavy atom. The Bertz CT molecular complexity index is 589. The molecule has 0 unspecified atom stereocenters. The van der Waals surface area contributed by atoms with Gasteiger partial charge in [0.2, 0.25) is 0 Å². The van der Waals surface area contributed by atoms with Gasteiger partial charge in [-0.1, -0.05) is 25.1 Å². The summed E-state index contributed by atoms with van der Waals surface area (Å²) in [5, 5.41) is 0. The highest BCUT2D eigenvalue weighted by Gasteiger charge is 2.13. The maximum atomic E-state index is 12.7. The SMILES string of the molecule is CCc1nc(-c2cccc(C(F)F)c2)nc(NN)c1C. The minimum Gasteiger partial charge on any atom is -0.308 e. The Balaban J connectivity index is 2.54. The minimum atomic E-state index is -2.52. The molecule has 0 aliphatic heterocycles. The standard InChI is InChI=1S/C14H16F2N4/c1-3-11-8(2)13(20-17)19-14(18-11)10-6-4-5-9(7-10)12(15)16/h4-7,12H,3,17H2,1-2H3,(H,18,19,20). The average Bonchev–Trinajstić information content (AvgIpc) is 2.47. The van der Waals surface area contributed by atoms with Gasteiger partial charge in [-0.25, -0.2) is 24.6 Å². The summed E-state index contributed by atoms with van der Waals surface area (Å²) in [6.45, 7) is 3.84. The van der Waals surface area contributed by atoms with E-state index in [0.717, 1.165) is 11.3 Å². The van der Waals surface area contributed by atoms with Gasteiger partial charge in [0.05, 0.1) is 0 Å². The second-order valence-electron chi connectivity index (χ2n) is 4.39. The molecule has 2 aromatic rings. The number of hydrogen-bond donors (Lipinski definition) is 2. The maximum absolute atomic E-state index is 12.7. The minimum absolute atomic E-state index is 0.0491. The fourth-order valence-corrected chi connectivity index (χ4v) is 1.99. The van der Waals surface area contributed by atoms with Crippen LogP contribution >= 0.6 is 0 Å². The summed E-state index contributed by atoms with van der Waals surface area (Å²) in [5.74, 6) is 6.34. The highest BCUT2D eigenvalue weighted by molar-refractivity contribution is 5.60. The zero-order chi connectivity index (χ0) is 14.7. The van der Waals surface area contributed by atoms with Crippen molar-refractivity contribution in [1.82, 2.24) is 9.97 Å². The highest BCUT2D eigenvalue weighted by atomic mass is 19.3. The van der Waals surface area contributed by atoms with Crippen LogP contribution in [0.4, 0.5) is 14.6 Å². The van der Waals surface area contributed by atoms with Crippen LogP contribution in [-0.2, 0) is 6.42 Å². The number of nitrogens with zero attached hydrogens (tertiary/aromatic N) is 2. The molecule has 0 bridgehead atoms. The average molecular weight is 278 g/mol. The van der Waals surface area contributed by atoms with E-state index in [0.29, 0.717) is 23.6 Å². The van der Waals surface area contributed by atoms with Crippen LogP contribution < -0.4 is 11.3 Å². The largest absolute Gasteiger partial charge is 0.308 e. The number of nitrogen functional groups attached to an aromatic ring is 1. The van der Waals surface area contributed by atoms with Crippen LogP contribution in [0, 0.1) is 6.92 Å². The summed E-state index contributed by atoms with van der Waals surface area (Å²) in [5.41, 5.74) is 4.72. The summed E-state index contributed by atoms with van der Waals surface area (Å²) in [6.07, 6.45) is -1.80. The molecule has 0 radical (unpaired) electrons. The molecule has 6 heteroatoms. The van der Waals surface area contributed by atoms with Gasteiger partial charge in [0, 0.05) is 22.4 Å². The second-order valence-corrected chi connectivity index (χ2v) is 4.39. The first-order chi connectivity index (χ1) is 9.56. The predicted octanol–water partition coefficient (Wildman–Crippen LogP) is 3.24. The lowest BCUT2D eigenvalue weighted by molar-refractivity contribution is 0.151. The molecule has 3 N–H and O–H groups in total. The van der Waals surface area contributed by atoms with E-state index in [4.69, 9.17) is 5.84 Å². The van der Waals surface area contributed by atoms with Gasteiger partial charge in [0.1, 0.15) is 5.82 Å². The first kappa shape index (κ1) is 14.3. The van der Waals surface area contributed by atoms with Crippen molar-refractivity contribution in [2.24, 2.45) is 5.84 Å². The zero-order valence-corrected chi connectivity index (χ0v) is 11.3. The number of aryl methyl sites for hydroxylation is 1. The monoisotopic (exact) mass is 278 g/mol. The summed E-state index contributed by atoms with van der Waals surface area (Å²) < 4.78 is 25.5. The van der Waals surface area contributed by atoms with Crippen LogP contribution in [0.3, 0.4) is 0 Å². The third-order valence-electron chi connectivity index (χ3n) is 3.12. The van der Waals surface area contributed by atoms with Gasteiger partial charge < -0.3 is 5.43 Å². The lowest BCUT2D eigenvalue weighted by atomic mass is 10.1. The summed E-state index contributed by atoms with van der Waals surface area (Å²) in [4.78, 5) is 8.70. The van der Waals surface area contributed by atoms with Crippen molar-refractivity contribution >= 4 is 5.82 Å². The first-order valence-electron chi connectivity index (χ1n) is 6.29. The molecule has 4 nitrogen and oxygen atoms in total. The van der Waals surface area contributed by atoms with E-state index in [9.17, 15) is 8.78 Å². The molecule has 0 saturated heterocycles. The number of halogens is 2. The molecule has 0 amide bonds. The fourth-order valence-electron chi connectivity index (χ4n) is 1.99. The van der Waals surface area contributed by atoms with Crippen LogP contribution in [-0.4, -0.2) is 9.97 Å². The molecule has 1 aromatic carbocycles. The van der Waals surface area contributed by atoms with Crippen LogP contribution in [0.2, 0.25) is 0 Å². The summed E-state index contributed by atoms with van der Waals surface area (Å²) in [6, 6.07) is 6.05. The lowest BCUT2D eigenvalue weighted by Crippen LogP contribution is -2.13. The van der Waals surface area contributed by atoms with Crippen molar-refractivity contribution in [2.75, 3.05) is 5.43 Å². The number of rotatable bonds is 4. The Labute approximate surface area is 116 Å². The van der Waals surface area contributed by atoms with Crippen molar-refractivity contribution in [2.45, 2.75) is 26.7 Å². The number of anilines is 1. The molecule has 20 heavy (non-hydrogen) atoms. The van der Waals surface area contributed by atoms with E-state index in [1.165, 1.54) is 12.1 Å². The number of nitrogens with two attached hydrogens (primary N) is 1. The molecule has 0 aliphatic carbocycles. The molecule has 2 rings (SSSR count). The number of alkyl halides is 2. The Kier molecular flexibility index (Phi) is 4.24. The van der Waals surface area contributed by atoms with Gasteiger partial charge >= 0.3 is 0 Å². The number of nitrogens with one attached hydrogen (secondary N) is 1. The summed E-state index contributed by atoms with van der Waals surface area (Å²) >= 11 is 0. The molecular weight excluding hydrogens is 262 g/mol. The molecule has 1 heterocycles. The molecule has 0 fully saturated rings. The lowest BCUT2D eigenvalue weighted by Gasteiger charge is -2.11. The Morgan fingerprint density at radius 2 is 2.05 bits per heavy atom. The van der Waals surface area contributed by atoms with E-state index < -0.39 is 6.43 Å². The number of benzene rings is 1.